The van der Waals surface area contributed by atoms with Gasteiger partial charge in [-0.15, -0.1) is 0 Å². The molecular formula is C7H10N4O2. The van der Waals surface area contributed by atoms with E-state index < -0.39 is 0 Å². The lowest BCUT2D eigenvalue weighted by Crippen LogP contribution is -2.30. The molecule has 1 amide bonds. The third-order valence-electron chi connectivity index (χ3n) is 1.79. The van der Waals surface area contributed by atoms with E-state index >= 15 is 0 Å². The van der Waals surface area contributed by atoms with Crippen LogP contribution in [0.2, 0.25) is 0 Å². The molecule has 6 heteroatoms. The Morgan fingerprint density at radius 3 is 3.15 bits per heavy atom. The predicted octanol–water partition coefficient (Wildman–Crippen LogP) is -0.558. The monoisotopic (exact) mass is 182 g/mol. The Hall–Kier alpha value is -1.43. The zero-order chi connectivity index (χ0) is 9.10. The van der Waals surface area contributed by atoms with Crippen LogP contribution >= 0.6 is 0 Å². The van der Waals surface area contributed by atoms with Crippen LogP contribution in [0.5, 0.6) is 0 Å². The smallest absolute Gasteiger partial charge is 0.267 e. The molecule has 0 spiro atoms. The number of hydrogen-bond donors (Lipinski definition) is 0. The lowest BCUT2D eigenvalue weighted by atomic mass is 10.4. The van der Waals surface area contributed by atoms with Crippen molar-refractivity contribution in [1.82, 2.24) is 19.8 Å². The second kappa shape index (κ2) is 3.53. The van der Waals surface area contributed by atoms with Crippen molar-refractivity contribution in [3.8, 4) is 0 Å². The molecule has 0 aromatic carbocycles. The summed E-state index contributed by atoms with van der Waals surface area (Å²) in [5.74, 6) is -0.0806. The third kappa shape index (κ3) is 1.83. The minimum absolute atomic E-state index is 0.0806. The van der Waals surface area contributed by atoms with Crippen molar-refractivity contribution in [3.05, 3.63) is 12.7 Å². The molecule has 70 valence electrons. The molecule has 13 heavy (non-hydrogen) atoms. The molecule has 2 rings (SSSR count). The van der Waals surface area contributed by atoms with E-state index in [1.807, 2.05) is 0 Å². The van der Waals surface area contributed by atoms with E-state index in [-0.39, 0.29) is 12.5 Å². The summed E-state index contributed by atoms with van der Waals surface area (Å²) in [5, 5.41) is 5.21. The molecule has 1 aliphatic heterocycles. The van der Waals surface area contributed by atoms with Crippen molar-refractivity contribution in [1.29, 1.82) is 0 Å². The van der Waals surface area contributed by atoms with Gasteiger partial charge in [0.15, 0.2) is 0 Å². The molecule has 0 bridgehead atoms. The summed E-state index contributed by atoms with van der Waals surface area (Å²) in [5.41, 5.74) is 0. The van der Waals surface area contributed by atoms with Gasteiger partial charge >= 0.3 is 0 Å². The SMILES string of the molecule is O=C(Cn1cncn1)N1CCCO1. The molecule has 1 aromatic heterocycles. The fourth-order valence-corrected chi connectivity index (χ4v) is 1.18. The molecule has 0 aliphatic carbocycles. The first kappa shape index (κ1) is 8.18. The average Bonchev–Trinajstić information content (AvgIpc) is 2.74. The van der Waals surface area contributed by atoms with Gasteiger partial charge in [0, 0.05) is 0 Å². The van der Waals surface area contributed by atoms with E-state index in [0.29, 0.717) is 13.2 Å². The molecule has 1 fully saturated rings. The Bertz CT molecular complexity index is 279. The molecule has 6 nitrogen and oxygen atoms in total. The van der Waals surface area contributed by atoms with Gasteiger partial charge in [-0.1, -0.05) is 0 Å². The van der Waals surface area contributed by atoms with E-state index in [4.69, 9.17) is 4.84 Å². The van der Waals surface area contributed by atoms with Gasteiger partial charge in [-0.3, -0.25) is 9.63 Å². The average molecular weight is 182 g/mol. The molecule has 2 heterocycles. The summed E-state index contributed by atoms with van der Waals surface area (Å²) < 4.78 is 1.48. The highest BCUT2D eigenvalue weighted by molar-refractivity contribution is 5.74. The predicted molar refractivity (Wildman–Crippen MR) is 42.3 cm³/mol. The summed E-state index contributed by atoms with van der Waals surface area (Å²) >= 11 is 0. The van der Waals surface area contributed by atoms with E-state index in [1.165, 1.54) is 22.4 Å². The molecule has 0 N–H and O–H groups in total. The van der Waals surface area contributed by atoms with Crippen LogP contribution in [0.15, 0.2) is 12.7 Å². The van der Waals surface area contributed by atoms with Crippen LogP contribution in [0.3, 0.4) is 0 Å². The maximum Gasteiger partial charge on any atom is 0.267 e. The largest absolute Gasteiger partial charge is 0.271 e. The van der Waals surface area contributed by atoms with Crippen LogP contribution in [-0.2, 0) is 16.2 Å². The maximum atomic E-state index is 11.4. The first-order valence-corrected chi connectivity index (χ1v) is 4.12. The second-order valence-corrected chi connectivity index (χ2v) is 2.78. The van der Waals surface area contributed by atoms with Crippen LogP contribution < -0.4 is 0 Å². The number of amides is 1. The number of aromatic nitrogens is 3. The Labute approximate surface area is 75.1 Å². The highest BCUT2D eigenvalue weighted by Crippen LogP contribution is 2.04. The molecule has 0 saturated carbocycles. The van der Waals surface area contributed by atoms with Crippen molar-refractivity contribution in [2.24, 2.45) is 0 Å². The summed E-state index contributed by atoms with van der Waals surface area (Å²) in [6.45, 7) is 1.50. The van der Waals surface area contributed by atoms with Gasteiger partial charge in [-0.25, -0.2) is 14.7 Å². The first-order chi connectivity index (χ1) is 6.36. The van der Waals surface area contributed by atoms with Crippen molar-refractivity contribution in [2.75, 3.05) is 13.2 Å². The summed E-state index contributed by atoms with van der Waals surface area (Å²) in [7, 11) is 0. The molecule has 0 atom stereocenters. The van der Waals surface area contributed by atoms with Gasteiger partial charge in [0.1, 0.15) is 19.2 Å². The highest BCUT2D eigenvalue weighted by atomic mass is 16.7. The van der Waals surface area contributed by atoms with Crippen LogP contribution in [0, 0.1) is 0 Å². The zero-order valence-electron chi connectivity index (χ0n) is 7.09. The molecule has 1 aromatic rings. The minimum Gasteiger partial charge on any atom is -0.271 e. The molecule has 1 saturated heterocycles. The van der Waals surface area contributed by atoms with Crippen LogP contribution in [0.4, 0.5) is 0 Å². The molecule has 1 aliphatic rings. The summed E-state index contributed by atoms with van der Waals surface area (Å²) in [4.78, 5) is 20.3. The fraction of sp³-hybridized carbons (Fsp3) is 0.571. The van der Waals surface area contributed by atoms with Crippen LogP contribution in [0.25, 0.3) is 0 Å². The van der Waals surface area contributed by atoms with Gasteiger partial charge < -0.3 is 0 Å². The van der Waals surface area contributed by atoms with Gasteiger partial charge in [-0.05, 0) is 6.42 Å². The van der Waals surface area contributed by atoms with Crippen molar-refractivity contribution >= 4 is 5.91 Å². The van der Waals surface area contributed by atoms with E-state index in [0.717, 1.165) is 6.42 Å². The number of carbonyl (C=O) groups excluding carboxylic acids is 1. The van der Waals surface area contributed by atoms with Crippen molar-refractivity contribution < 1.29 is 9.63 Å². The van der Waals surface area contributed by atoms with Crippen LogP contribution in [-0.4, -0.2) is 38.9 Å². The van der Waals surface area contributed by atoms with Crippen molar-refractivity contribution in [2.45, 2.75) is 13.0 Å². The number of carbonyl (C=O) groups is 1. The molecular weight excluding hydrogens is 172 g/mol. The Kier molecular flexibility index (Phi) is 2.22. The Morgan fingerprint density at radius 2 is 2.54 bits per heavy atom. The van der Waals surface area contributed by atoms with E-state index in [2.05, 4.69) is 10.1 Å². The van der Waals surface area contributed by atoms with Gasteiger partial charge in [0.25, 0.3) is 5.91 Å². The van der Waals surface area contributed by atoms with Gasteiger partial charge in [0.05, 0.1) is 13.2 Å². The second-order valence-electron chi connectivity index (χ2n) is 2.78. The summed E-state index contributed by atoms with van der Waals surface area (Å²) in [6, 6.07) is 0. The van der Waals surface area contributed by atoms with Crippen LogP contribution in [0.1, 0.15) is 6.42 Å². The zero-order valence-corrected chi connectivity index (χ0v) is 7.09. The van der Waals surface area contributed by atoms with Crippen molar-refractivity contribution in [3.63, 3.8) is 0 Å². The lowest BCUT2D eigenvalue weighted by Gasteiger charge is -2.12. The minimum atomic E-state index is -0.0806. The third-order valence-corrected chi connectivity index (χ3v) is 1.79. The van der Waals surface area contributed by atoms with E-state index in [1.54, 1.807) is 0 Å². The standard InChI is InChI=1S/C7H10N4O2/c12-7(11-2-1-3-13-11)4-10-6-8-5-9-10/h5-6H,1-4H2. The fourth-order valence-electron chi connectivity index (χ4n) is 1.18. The van der Waals surface area contributed by atoms with E-state index in [9.17, 15) is 4.79 Å². The lowest BCUT2D eigenvalue weighted by molar-refractivity contribution is -0.169. The Morgan fingerprint density at radius 1 is 1.62 bits per heavy atom. The quantitative estimate of drug-likeness (QED) is 0.615. The number of hydrogen-bond acceptors (Lipinski definition) is 4. The topological polar surface area (TPSA) is 60.2 Å². The number of hydroxylamine groups is 2. The normalized spacial score (nSPS) is 16.5. The van der Waals surface area contributed by atoms with Gasteiger partial charge in [0.2, 0.25) is 0 Å². The molecule has 0 unspecified atom stereocenters. The first-order valence-electron chi connectivity index (χ1n) is 4.12. The highest BCUT2D eigenvalue weighted by Gasteiger charge is 2.19. The Balaban J connectivity index is 1.91. The van der Waals surface area contributed by atoms with Gasteiger partial charge in [-0.2, -0.15) is 5.10 Å². The number of rotatable bonds is 2. The molecule has 0 radical (unpaired) electrons. The maximum absolute atomic E-state index is 11.4. The number of nitrogens with zero attached hydrogens (tertiary/aromatic N) is 4. The summed E-state index contributed by atoms with van der Waals surface area (Å²) in [6.07, 6.45) is 3.81.